The molecule has 10 heteroatoms. The van der Waals surface area contributed by atoms with E-state index in [0.29, 0.717) is 16.7 Å². The minimum absolute atomic E-state index is 0.0106. The van der Waals surface area contributed by atoms with E-state index < -0.39 is 10.9 Å². The lowest BCUT2D eigenvalue weighted by Gasteiger charge is -2.13. The Labute approximate surface area is 181 Å². The second-order valence-corrected chi connectivity index (χ2v) is 6.83. The van der Waals surface area contributed by atoms with Gasteiger partial charge in [-0.15, -0.1) is 0 Å². The first-order valence-corrected chi connectivity index (χ1v) is 9.62. The van der Waals surface area contributed by atoms with E-state index in [-0.39, 0.29) is 41.5 Å². The average molecular weight is 434 g/mol. The Bertz CT molecular complexity index is 1360. The monoisotopic (exact) mass is 434 g/mol. The van der Waals surface area contributed by atoms with E-state index in [1.165, 1.54) is 23.0 Å². The molecular formula is C22H18N4O6. The normalized spacial score (nSPS) is 10.8. The first kappa shape index (κ1) is 20.8. The molecular weight excluding hydrogens is 416 g/mol. The molecule has 10 nitrogen and oxygen atoms in total. The average Bonchev–Trinajstić information content (AvgIpc) is 3.32. The maximum atomic E-state index is 13.0. The van der Waals surface area contributed by atoms with Gasteiger partial charge in [-0.2, -0.15) is 0 Å². The second kappa shape index (κ2) is 8.72. The van der Waals surface area contributed by atoms with E-state index in [9.17, 15) is 19.7 Å². The molecule has 0 saturated carbocycles. The van der Waals surface area contributed by atoms with Crippen LogP contribution < -0.4 is 10.9 Å². The number of hydrogen-bond acceptors (Lipinski definition) is 8. The van der Waals surface area contributed by atoms with Crippen LogP contribution in [0.15, 0.2) is 70.1 Å². The van der Waals surface area contributed by atoms with Crippen LogP contribution >= 0.6 is 0 Å². The highest BCUT2D eigenvalue weighted by molar-refractivity contribution is 5.91. The summed E-state index contributed by atoms with van der Waals surface area (Å²) in [6.07, 6.45) is 1.50. The number of carbonyl (C=O) groups excluding carboxylic acids is 1. The molecule has 0 unspecified atom stereocenters. The van der Waals surface area contributed by atoms with Crippen molar-refractivity contribution in [1.82, 2.24) is 9.55 Å². The maximum absolute atomic E-state index is 13.0. The molecule has 0 bridgehead atoms. The van der Waals surface area contributed by atoms with Crippen molar-refractivity contribution in [3.8, 4) is 0 Å². The largest absolute Gasteiger partial charge is 0.467 e. The number of nitro benzene ring substituents is 1. The van der Waals surface area contributed by atoms with Crippen LogP contribution in [-0.4, -0.2) is 27.5 Å². The zero-order chi connectivity index (χ0) is 22.7. The number of ether oxygens (including phenoxy) is 1. The Kier molecular flexibility index (Phi) is 5.67. The number of nitrogens with zero attached hydrogens (tertiary/aromatic N) is 3. The molecule has 0 aliphatic rings. The molecule has 0 radical (unpaired) electrons. The highest BCUT2D eigenvalue weighted by atomic mass is 16.6. The van der Waals surface area contributed by atoms with Gasteiger partial charge in [-0.25, -0.2) is 9.78 Å². The van der Waals surface area contributed by atoms with Gasteiger partial charge in [0.05, 0.1) is 34.2 Å². The van der Waals surface area contributed by atoms with E-state index in [1.807, 2.05) is 0 Å². The van der Waals surface area contributed by atoms with Gasteiger partial charge in [-0.05, 0) is 36.4 Å². The zero-order valence-corrected chi connectivity index (χ0v) is 17.0. The summed E-state index contributed by atoms with van der Waals surface area (Å²) >= 11 is 0. The molecule has 2 heterocycles. The molecule has 0 aliphatic carbocycles. The van der Waals surface area contributed by atoms with Gasteiger partial charge in [0.2, 0.25) is 0 Å². The molecule has 32 heavy (non-hydrogen) atoms. The molecule has 162 valence electrons. The number of anilines is 1. The Balaban J connectivity index is 1.65. The molecule has 0 spiro atoms. The van der Waals surface area contributed by atoms with Crippen LogP contribution in [0, 0.1) is 10.1 Å². The zero-order valence-electron chi connectivity index (χ0n) is 17.0. The fraction of sp³-hybridized carbons (Fsp3) is 0.136. The minimum atomic E-state index is -0.775. The Morgan fingerprint density at radius 2 is 2.03 bits per heavy atom. The molecule has 1 N–H and O–H groups in total. The minimum Gasteiger partial charge on any atom is -0.467 e. The van der Waals surface area contributed by atoms with E-state index in [4.69, 9.17) is 9.15 Å². The summed E-state index contributed by atoms with van der Waals surface area (Å²) in [6, 6.07) is 14.3. The van der Waals surface area contributed by atoms with Crippen molar-refractivity contribution in [3.05, 3.63) is 98.5 Å². The summed E-state index contributed by atoms with van der Waals surface area (Å²) < 4.78 is 12.1. The van der Waals surface area contributed by atoms with Crippen molar-refractivity contribution in [1.29, 1.82) is 0 Å². The van der Waals surface area contributed by atoms with Crippen molar-refractivity contribution in [2.45, 2.75) is 13.2 Å². The van der Waals surface area contributed by atoms with Crippen molar-refractivity contribution in [3.63, 3.8) is 0 Å². The predicted octanol–water partition coefficient (Wildman–Crippen LogP) is 3.34. The number of carbonyl (C=O) groups is 1. The van der Waals surface area contributed by atoms with E-state index >= 15 is 0 Å². The highest BCUT2D eigenvalue weighted by Gasteiger charge is 2.19. The van der Waals surface area contributed by atoms with Gasteiger partial charge in [0, 0.05) is 13.1 Å². The fourth-order valence-electron chi connectivity index (χ4n) is 3.28. The third kappa shape index (κ3) is 4.06. The first-order chi connectivity index (χ1) is 15.5. The SMILES string of the molecule is CNc1ccc(C(=O)OCc2nc3ccccc3c(=O)n2Cc2ccco2)cc1[N+](=O)[O-]. The van der Waals surface area contributed by atoms with Crippen LogP contribution in [0.2, 0.25) is 0 Å². The summed E-state index contributed by atoms with van der Waals surface area (Å²) in [5, 5.41) is 14.4. The standard InChI is InChI=1S/C22H18N4O6/c1-23-18-9-8-14(11-19(18)26(29)30)22(28)32-13-20-24-17-7-3-2-6-16(17)21(27)25(20)12-15-5-4-10-31-15/h2-11,23H,12-13H2,1H3. The van der Waals surface area contributed by atoms with Crippen molar-refractivity contribution >= 4 is 28.2 Å². The summed E-state index contributed by atoms with van der Waals surface area (Å²) in [6.45, 7) is -0.194. The van der Waals surface area contributed by atoms with Gasteiger partial charge < -0.3 is 14.5 Å². The molecule has 0 amide bonds. The van der Waals surface area contributed by atoms with Crippen LogP contribution in [0.4, 0.5) is 11.4 Å². The van der Waals surface area contributed by atoms with Gasteiger partial charge in [0.15, 0.2) is 5.82 Å². The van der Waals surface area contributed by atoms with Crippen LogP contribution in [0.5, 0.6) is 0 Å². The smallest absolute Gasteiger partial charge is 0.338 e. The number of rotatable bonds is 7. The molecule has 0 fully saturated rings. The quantitative estimate of drug-likeness (QED) is 0.266. The number of nitro groups is 1. The summed E-state index contributed by atoms with van der Waals surface area (Å²) in [7, 11) is 1.55. The topological polar surface area (TPSA) is 130 Å². The number of nitrogens with one attached hydrogen (secondary N) is 1. The van der Waals surface area contributed by atoms with Gasteiger partial charge in [0.1, 0.15) is 18.1 Å². The lowest BCUT2D eigenvalue weighted by Crippen LogP contribution is -2.26. The molecule has 4 rings (SSSR count). The molecule has 2 aromatic heterocycles. The number of para-hydroxylation sites is 1. The number of fused-ring (bicyclic) bond motifs is 1. The number of hydrogen-bond donors (Lipinski definition) is 1. The van der Waals surface area contributed by atoms with Gasteiger partial charge >= 0.3 is 5.97 Å². The molecule has 0 saturated heterocycles. The third-order valence-electron chi connectivity index (χ3n) is 4.87. The Hall–Kier alpha value is -4.47. The molecule has 2 aromatic carbocycles. The van der Waals surface area contributed by atoms with E-state index in [1.54, 1.807) is 43.4 Å². The fourth-order valence-corrected chi connectivity index (χ4v) is 3.28. The van der Waals surface area contributed by atoms with E-state index in [2.05, 4.69) is 10.3 Å². The molecule has 0 atom stereocenters. The lowest BCUT2D eigenvalue weighted by atomic mass is 10.1. The number of benzene rings is 2. The van der Waals surface area contributed by atoms with Crippen LogP contribution in [-0.2, 0) is 17.9 Å². The van der Waals surface area contributed by atoms with E-state index in [0.717, 1.165) is 6.07 Å². The van der Waals surface area contributed by atoms with Gasteiger partial charge in [-0.3, -0.25) is 19.5 Å². The van der Waals surface area contributed by atoms with Crippen LogP contribution in [0.25, 0.3) is 10.9 Å². The van der Waals surface area contributed by atoms with Crippen molar-refractivity contribution < 1.29 is 18.9 Å². The van der Waals surface area contributed by atoms with Crippen molar-refractivity contribution in [2.75, 3.05) is 12.4 Å². The lowest BCUT2D eigenvalue weighted by molar-refractivity contribution is -0.384. The summed E-state index contributed by atoms with van der Waals surface area (Å²) in [5.74, 6) is -0.0162. The van der Waals surface area contributed by atoms with Gasteiger partial charge in [-0.1, -0.05) is 12.1 Å². The molecule has 4 aromatic rings. The first-order valence-electron chi connectivity index (χ1n) is 9.62. The third-order valence-corrected chi connectivity index (χ3v) is 4.87. The second-order valence-electron chi connectivity index (χ2n) is 6.83. The number of furan rings is 1. The van der Waals surface area contributed by atoms with Gasteiger partial charge in [0.25, 0.3) is 11.2 Å². The van der Waals surface area contributed by atoms with Crippen LogP contribution in [0.1, 0.15) is 21.9 Å². The number of aromatic nitrogens is 2. The summed E-state index contributed by atoms with van der Waals surface area (Å²) in [5.41, 5.74) is 0.201. The highest BCUT2D eigenvalue weighted by Crippen LogP contribution is 2.25. The molecule has 0 aliphatic heterocycles. The Morgan fingerprint density at radius 1 is 1.22 bits per heavy atom. The summed E-state index contributed by atoms with van der Waals surface area (Å²) in [4.78, 5) is 40.8. The Morgan fingerprint density at radius 3 is 2.75 bits per heavy atom. The van der Waals surface area contributed by atoms with Crippen LogP contribution in [0.3, 0.4) is 0 Å². The van der Waals surface area contributed by atoms with Crippen molar-refractivity contribution in [2.24, 2.45) is 0 Å². The number of esters is 1. The predicted molar refractivity (Wildman–Crippen MR) is 116 cm³/mol. The maximum Gasteiger partial charge on any atom is 0.338 e.